The van der Waals surface area contributed by atoms with Crippen LogP contribution >= 0.6 is 0 Å². The number of hydrogen-bond donors (Lipinski definition) is 1. The normalized spacial score (nSPS) is 15.3. The summed E-state index contributed by atoms with van der Waals surface area (Å²) >= 11 is 0. The number of aromatic nitrogens is 1. The highest BCUT2D eigenvalue weighted by Gasteiger charge is 2.27. The minimum Gasteiger partial charge on any atom is -0.321 e. The second-order valence-electron chi connectivity index (χ2n) is 4.85. The van der Waals surface area contributed by atoms with E-state index in [1.807, 2.05) is 24.5 Å². The summed E-state index contributed by atoms with van der Waals surface area (Å²) < 4.78 is 0. The van der Waals surface area contributed by atoms with Crippen molar-refractivity contribution in [2.24, 2.45) is 11.7 Å². The Hall–Kier alpha value is -1.41. The van der Waals surface area contributed by atoms with Crippen LogP contribution in [-0.2, 0) is 5.54 Å². The fourth-order valence-corrected chi connectivity index (χ4v) is 1.86. The van der Waals surface area contributed by atoms with Gasteiger partial charge in [-0.3, -0.25) is 4.98 Å². The van der Waals surface area contributed by atoms with Crippen molar-refractivity contribution in [3.05, 3.63) is 42.2 Å². The maximum absolute atomic E-state index is 6.41. The summed E-state index contributed by atoms with van der Waals surface area (Å²) in [4.78, 5) is 4.28. The van der Waals surface area contributed by atoms with Gasteiger partial charge in [-0.05, 0) is 23.8 Å². The molecule has 0 aliphatic rings. The van der Waals surface area contributed by atoms with Crippen LogP contribution in [0.15, 0.2) is 36.7 Å². The van der Waals surface area contributed by atoms with Crippen LogP contribution in [0.2, 0.25) is 0 Å². The SMILES string of the molecule is CC(C)C(C)(N)c1cncc2ccccc12. The average Bonchev–Trinajstić information content (AvgIpc) is 2.28. The molecule has 16 heavy (non-hydrogen) atoms. The van der Waals surface area contributed by atoms with E-state index < -0.39 is 0 Å². The van der Waals surface area contributed by atoms with E-state index in [1.165, 1.54) is 5.39 Å². The Morgan fingerprint density at radius 1 is 1.19 bits per heavy atom. The van der Waals surface area contributed by atoms with E-state index in [-0.39, 0.29) is 5.54 Å². The molecule has 0 aliphatic heterocycles. The summed E-state index contributed by atoms with van der Waals surface area (Å²) in [6.45, 7) is 6.35. The smallest absolute Gasteiger partial charge is 0.0425 e. The highest BCUT2D eigenvalue weighted by atomic mass is 14.8. The number of fused-ring (bicyclic) bond motifs is 1. The van der Waals surface area contributed by atoms with Crippen LogP contribution in [0.25, 0.3) is 10.8 Å². The predicted molar refractivity (Wildman–Crippen MR) is 68.1 cm³/mol. The van der Waals surface area contributed by atoms with Gasteiger partial charge in [-0.2, -0.15) is 0 Å². The van der Waals surface area contributed by atoms with Crippen molar-refractivity contribution in [2.45, 2.75) is 26.3 Å². The van der Waals surface area contributed by atoms with Gasteiger partial charge in [0.2, 0.25) is 0 Å². The first kappa shape index (κ1) is 11.1. The maximum Gasteiger partial charge on any atom is 0.0425 e. The zero-order valence-electron chi connectivity index (χ0n) is 10.1. The zero-order valence-corrected chi connectivity index (χ0v) is 10.1. The van der Waals surface area contributed by atoms with E-state index in [9.17, 15) is 0 Å². The molecule has 0 saturated carbocycles. The molecule has 0 amide bonds. The lowest BCUT2D eigenvalue weighted by molar-refractivity contribution is 0.352. The van der Waals surface area contributed by atoms with Gasteiger partial charge in [0.05, 0.1) is 0 Å². The molecule has 0 bridgehead atoms. The van der Waals surface area contributed by atoms with Crippen LogP contribution in [0.1, 0.15) is 26.3 Å². The highest BCUT2D eigenvalue weighted by Crippen LogP contribution is 2.31. The van der Waals surface area contributed by atoms with E-state index in [1.54, 1.807) is 0 Å². The van der Waals surface area contributed by atoms with E-state index in [4.69, 9.17) is 5.73 Å². The van der Waals surface area contributed by atoms with Crippen LogP contribution in [0.4, 0.5) is 0 Å². The average molecular weight is 214 g/mol. The van der Waals surface area contributed by atoms with E-state index in [0.717, 1.165) is 10.9 Å². The van der Waals surface area contributed by atoms with E-state index in [0.29, 0.717) is 5.92 Å². The molecule has 0 fully saturated rings. The quantitative estimate of drug-likeness (QED) is 0.834. The van der Waals surface area contributed by atoms with Gasteiger partial charge in [-0.15, -0.1) is 0 Å². The van der Waals surface area contributed by atoms with Gasteiger partial charge < -0.3 is 5.73 Å². The van der Waals surface area contributed by atoms with Crippen LogP contribution in [0, 0.1) is 5.92 Å². The number of hydrogen-bond acceptors (Lipinski definition) is 2. The minimum absolute atomic E-state index is 0.339. The monoisotopic (exact) mass is 214 g/mol. The highest BCUT2D eigenvalue weighted by molar-refractivity contribution is 5.85. The summed E-state index contributed by atoms with van der Waals surface area (Å²) in [5, 5.41) is 2.36. The van der Waals surface area contributed by atoms with Gasteiger partial charge in [0.15, 0.2) is 0 Å². The van der Waals surface area contributed by atoms with E-state index >= 15 is 0 Å². The van der Waals surface area contributed by atoms with E-state index in [2.05, 4.69) is 37.9 Å². The molecule has 2 N–H and O–H groups in total. The van der Waals surface area contributed by atoms with Gasteiger partial charge in [0.1, 0.15) is 0 Å². The van der Waals surface area contributed by atoms with Crippen molar-refractivity contribution < 1.29 is 0 Å². The first-order valence-corrected chi connectivity index (χ1v) is 5.65. The van der Waals surface area contributed by atoms with Crippen LogP contribution in [0.3, 0.4) is 0 Å². The molecule has 1 unspecified atom stereocenters. The molecule has 1 atom stereocenters. The third-order valence-electron chi connectivity index (χ3n) is 3.45. The van der Waals surface area contributed by atoms with Gasteiger partial charge in [-0.1, -0.05) is 38.1 Å². The van der Waals surface area contributed by atoms with Crippen LogP contribution in [0.5, 0.6) is 0 Å². The Kier molecular flexibility index (Phi) is 2.68. The summed E-state index contributed by atoms with van der Waals surface area (Å²) in [6.07, 6.45) is 3.78. The number of nitrogens with zero attached hydrogens (tertiary/aromatic N) is 1. The Bertz CT molecular complexity index is 496. The number of nitrogens with two attached hydrogens (primary N) is 1. The molecule has 1 heterocycles. The predicted octanol–water partition coefficient (Wildman–Crippen LogP) is 3.06. The molecule has 1 aromatic heterocycles. The molecule has 0 saturated heterocycles. The Morgan fingerprint density at radius 2 is 1.88 bits per heavy atom. The van der Waals surface area contributed by atoms with Gasteiger partial charge in [-0.25, -0.2) is 0 Å². The zero-order chi connectivity index (χ0) is 11.8. The Morgan fingerprint density at radius 3 is 2.56 bits per heavy atom. The minimum atomic E-state index is -0.339. The first-order chi connectivity index (χ1) is 7.53. The van der Waals surface area contributed by atoms with Crippen LogP contribution in [-0.4, -0.2) is 4.98 Å². The fourth-order valence-electron chi connectivity index (χ4n) is 1.86. The largest absolute Gasteiger partial charge is 0.321 e. The lowest BCUT2D eigenvalue weighted by Crippen LogP contribution is -2.38. The standard InChI is InChI=1S/C14H18N2/c1-10(2)14(3,15)13-9-16-8-11-6-4-5-7-12(11)13/h4-10H,15H2,1-3H3. The molecule has 84 valence electrons. The lowest BCUT2D eigenvalue weighted by atomic mass is 9.81. The van der Waals surface area contributed by atoms with Gasteiger partial charge in [0.25, 0.3) is 0 Å². The second-order valence-corrected chi connectivity index (χ2v) is 4.85. The van der Waals surface area contributed by atoms with Crippen molar-refractivity contribution in [1.29, 1.82) is 0 Å². The lowest BCUT2D eigenvalue weighted by Gasteiger charge is -2.30. The molecule has 2 nitrogen and oxygen atoms in total. The molecule has 0 radical (unpaired) electrons. The topological polar surface area (TPSA) is 38.9 Å². The second kappa shape index (κ2) is 3.87. The molecule has 2 aromatic rings. The molecule has 0 spiro atoms. The van der Waals surface area contributed by atoms with Crippen molar-refractivity contribution >= 4 is 10.8 Å². The molecule has 1 aromatic carbocycles. The molecule has 2 heteroatoms. The summed E-state index contributed by atoms with van der Waals surface area (Å²) in [5.74, 6) is 0.375. The maximum atomic E-state index is 6.41. The summed E-state index contributed by atoms with van der Waals surface area (Å²) in [7, 11) is 0. The van der Waals surface area contributed by atoms with Crippen molar-refractivity contribution in [3.8, 4) is 0 Å². The van der Waals surface area contributed by atoms with Gasteiger partial charge >= 0.3 is 0 Å². The van der Waals surface area contributed by atoms with Crippen LogP contribution < -0.4 is 5.73 Å². The number of pyridine rings is 1. The first-order valence-electron chi connectivity index (χ1n) is 5.65. The van der Waals surface area contributed by atoms with Crippen molar-refractivity contribution in [2.75, 3.05) is 0 Å². The van der Waals surface area contributed by atoms with Crippen molar-refractivity contribution in [1.82, 2.24) is 4.98 Å². The summed E-state index contributed by atoms with van der Waals surface area (Å²) in [6, 6.07) is 8.25. The van der Waals surface area contributed by atoms with Crippen molar-refractivity contribution in [3.63, 3.8) is 0 Å². The number of benzene rings is 1. The molecular formula is C14H18N2. The Balaban J connectivity index is 2.70. The number of rotatable bonds is 2. The molecule has 0 aliphatic carbocycles. The molecule has 2 rings (SSSR count). The third-order valence-corrected chi connectivity index (χ3v) is 3.45. The fraction of sp³-hybridized carbons (Fsp3) is 0.357. The third kappa shape index (κ3) is 1.69. The van der Waals surface area contributed by atoms with Gasteiger partial charge in [0, 0.05) is 23.3 Å². The Labute approximate surface area is 96.5 Å². The molecular weight excluding hydrogens is 196 g/mol. The summed E-state index contributed by atoms with van der Waals surface area (Å²) in [5.41, 5.74) is 7.19.